The average Bonchev–Trinajstić information content (AvgIpc) is 2.06. The van der Waals surface area contributed by atoms with Gasteiger partial charge in [-0.2, -0.15) is 0 Å². The van der Waals surface area contributed by atoms with Gasteiger partial charge < -0.3 is 11.1 Å². The van der Waals surface area contributed by atoms with Crippen molar-refractivity contribution in [3.05, 3.63) is 35.4 Å². The van der Waals surface area contributed by atoms with Gasteiger partial charge in [0.05, 0.1) is 0 Å². The van der Waals surface area contributed by atoms with E-state index in [2.05, 4.69) is 5.32 Å². The fraction of sp³-hybridized carbons (Fsp3) is 0.222. The molecule has 0 radical (unpaired) electrons. The summed E-state index contributed by atoms with van der Waals surface area (Å²) in [5.41, 5.74) is 6.78. The first kappa shape index (κ1) is 8.74. The van der Waals surface area contributed by atoms with E-state index in [1.54, 1.807) is 12.1 Å². The van der Waals surface area contributed by atoms with Gasteiger partial charge in [0, 0.05) is 12.1 Å². The third kappa shape index (κ3) is 2.07. The Kier molecular flexibility index (Phi) is 2.82. The van der Waals surface area contributed by atoms with Crippen LogP contribution >= 0.6 is 0 Å². The Balaban J connectivity index is 2.78. The van der Waals surface area contributed by atoms with Gasteiger partial charge in [-0.05, 0) is 24.7 Å². The van der Waals surface area contributed by atoms with E-state index in [0.29, 0.717) is 5.56 Å². The largest absolute Gasteiger partial charge is 0.366 e. The lowest BCUT2D eigenvalue weighted by Gasteiger charge is -1.99. The van der Waals surface area contributed by atoms with Gasteiger partial charge in [-0.15, -0.1) is 0 Å². The molecule has 0 bridgehead atoms. The van der Waals surface area contributed by atoms with Gasteiger partial charge in [-0.1, -0.05) is 12.1 Å². The van der Waals surface area contributed by atoms with Crippen LogP contribution in [0.2, 0.25) is 0 Å². The predicted octanol–water partition coefficient (Wildman–Crippen LogP) is 0.505. The van der Waals surface area contributed by atoms with Gasteiger partial charge in [-0.25, -0.2) is 0 Å². The molecule has 3 heteroatoms. The van der Waals surface area contributed by atoms with E-state index in [9.17, 15) is 4.79 Å². The maximum Gasteiger partial charge on any atom is 0.248 e. The summed E-state index contributed by atoms with van der Waals surface area (Å²) in [4.78, 5) is 10.7. The molecule has 0 heterocycles. The van der Waals surface area contributed by atoms with E-state index in [1.807, 2.05) is 19.2 Å². The molecule has 0 aliphatic rings. The van der Waals surface area contributed by atoms with Gasteiger partial charge in [0.15, 0.2) is 0 Å². The topological polar surface area (TPSA) is 55.1 Å². The summed E-state index contributed by atoms with van der Waals surface area (Å²) in [5.74, 6) is -0.383. The van der Waals surface area contributed by atoms with Crippen molar-refractivity contribution in [3.63, 3.8) is 0 Å². The highest BCUT2D eigenvalue weighted by Crippen LogP contribution is 2.02. The van der Waals surface area contributed by atoms with Crippen LogP contribution < -0.4 is 11.1 Å². The van der Waals surface area contributed by atoms with Crippen LogP contribution in [0, 0.1) is 0 Å². The number of carbonyl (C=O) groups is 1. The lowest BCUT2D eigenvalue weighted by atomic mass is 10.1. The van der Waals surface area contributed by atoms with Crippen molar-refractivity contribution < 1.29 is 4.79 Å². The number of hydrogen-bond acceptors (Lipinski definition) is 2. The van der Waals surface area contributed by atoms with Crippen molar-refractivity contribution in [1.29, 1.82) is 0 Å². The van der Waals surface area contributed by atoms with Crippen LogP contribution in [0.1, 0.15) is 15.9 Å². The predicted molar refractivity (Wildman–Crippen MR) is 47.7 cm³/mol. The minimum atomic E-state index is -0.383. The fourth-order valence-electron chi connectivity index (χ4n) is 0.991. The molecule has 0 unspecified atom stereocenters. The van der Waals surface area contributed by atoms with Crippen molar-refractivity contribution in [3.8, 4) is 0 Å². The molecule has 0 spiro atoms. The molecule has 0 saturated heterocycles. The average molecular weight is 164 g/mol. The van der Waals surface area contributed by atoms with Crippen LogP contribution in [0.15, 0.2) is 24.3 Å². The summed E-state index contributed by atoms with van der Waals surface area (Å²) in [6.45, 7) is 0.805. The molecule has 0 aromatic heterocycles. The van der Waals surface area contributed by atoms with E-state index in [-0.39, 0.29) is 5.91 Å². The third-order valence-electron chi connectivity index (χ3n) is 1.62. The second kappa shape index (κ2) is 3.88. The second-order valence-corrected chi connectivity index (χ2v) is 2.59. The zero-order chi connectivity index (χ0) is 8.97. The van der Waals surface area contributed by atoms with Gasteiger partial charge in [0.25, 0.3) is 0 Å². The van der Waals surface area contributed by atoms with Crippen molar-refractivity contribution in [2.24, 2.45) is 5.73 Å². The Morgan fingerprint density at radius 3 is 2.42 bits per heavy atom. The second-order valence-electron chi connectivity index (χ2n) is 2.59. The summed E-state index contributed by atoms with van der Waals surface area (Å²) in [6.07, 6.45) is 0. The first-order valence-electron chi connectivity index (χ1n) is 3.77. The van der Waals surface area contributed by atoms with Crippen LogP contribution in [0.4, 0.5) is 0 Å². The highest BCUT2D eigenvalue weighted by Gasteiger charge is 1.98. The molecule has 64 valence electrons. The monoisotopic (exact) mass is 164 g/mol. The molecule has 1 rings (SSSR count). The Morgan fingerprint density at radius 1 is 1.42 bits per heavy atom. The van der Waals surface area contributed by atoms with Crippen molar-refractivity contribution in [1.82, 2.24) is 5.32 Å². The molecule has 1 aromatic rings. The number of nitrogens with two attached hydrogens (primary N) is 1. The van der Waals surface area contributed by atoms with Gasteiger partial charge in [-0.3, -0.25) is 4.79 Å². The van der Waals surface area contributed by atoms with Crippen LogP contribution in [-0.2, 0) is 6.54 Å². The summed E-state index contributed by atoms with van der Waals surface area (Å²) in [5, 5.41) is 3.02. The van der Waals surface area contributed by atoms with Crippen LogP contribution in [0.5, 0.6) is 0 Å². The highest BCUT2D eigenvalue weighted by molar-refractivity contribution is 5.92. The van der Waals surface area contributed by atoms with Crippen molar-refractivity contribution in [2.45, 2.75) is 6.54 Å². The maximum atomic E-state index is 10.7. The van der Waals surface area contributed by atoms with E-state index in [1.165, 1.54) is 0 Å². The molecular weight excluding hydrogens is 152 g/mol. The fourth-order valence-corrected chi connectivity index (χ4v) is 0.991. The first-order valence-corrected chi connectivity index (χ1v) is 3.77. The smallest absolute Gasteiger partial charge is 0.248 e. The van der Waals surface area contributed by atoms with Crippen molar-refractivity contribution >= 4 is 5.91 Å². The number of amides is 1. The molecule has 0 fully saturated rings. The maximum absolute atomic E-state index is 10.7. The lowest BCUT2D eigenvalue weighted by molar-refractivity contribution is 0.100. The van der Waals surface area contributed by atoms with E-state index < -0.39 is 0 Å². The number of hydrogen-bond donors (Lipinski definition) is 2. The molecule has 12 heavy (non-hydrogen) atoms. The third-order valence-corrected chi connectivity index (χ3v) is 1.62. The minimum Gasteiger partial charge on any atom is -0.366 e. The molecule has 1 aromatic carbocycles. The molecule has 0 aliphatic carbocycles. The zero-order valence-electron chi connectivity index (χ0n) is 7.00. The van der Waals surface area contributed by atoms with Gasteiger partial charge in [0.2, 0.25) is 5.91 Å². The molecule has 1 amide bonds. The summed E-state index contributed by atoms with van der Waals surface area (Å²) in [7, 11) is 1.88. The van der Waals surface area contributed by atoms with Crippen molar-refractivity contribution in [2.75, 3.05) is 7.05 Å². The highest BCUT2D eigenvalue weighted by atomic mass is 16.1. The normalized spacial score (nSPS) is 9.75. The van der Waals surface area contributed by atoms with Crippen LogP contribution in [-0.4, -0.2) is 13.0 Å². The quantitative estimate of drug-likeness (QED) is 0.683. The molecule has 0 atom stereocenters. The molecule has 3 nitrogen and oxygen atoms in total. The first-order chi connectivity index (χ1) is 5.74. The molecule has 3 N–H and O–H groups in total. The standard InChI is InChI=1S/C9H12N2O/c1-11-6-7-2-4-8(5-3-7)9(10)12/h2-5,11H,6H2,1H3,(H2,10,12). The Morgan fingerprint density at radius 2 is 2.00 bits per heavy atom. The molecule has 0 saturated carbocycles. The van der Waals surface area contributed by atoms with E-state index in [4.69, 9.17) is 5.73 Å². The van der Waals surface area contributed by atoms with E-state index in [0.717, 1.165) is 12.1 Å². The summed E-state index contributed by atoms with van der Waals surface area (Å²) >= 11 is 0. The number of rotatable bonds is 3. The van der Waals surface area contributed by atoms with Gasteiger partial charge in [0.1, 0.15) is 0 Å². The lowest BCUT2D eigenvalue weighted by Crippen LogP contribution is -2.11. The minimum absolute atomic E-state index is 0.383. The Labute approximate surface area is 71.6 Å². The number of benzene rings is 1. The number of primary amides is 1. The number of carbonyl (C=O) groups excluding carboxylic acids is 1. The summed E-state index contributed by atoms with van der Waals surface area (Å²) in [6, 6.07) is 7.23. The van der Waals surface area contributed by atoms with E-state index >= 15 is 0 Å². The Bertz CT molecular complexity index is 266. The Hall–Kier alpha value is -1.35. The molecular formula is C9H12N2O. The SMILES string of the molecule is CNCc1ccc(C(N)=O)cc1. The van der Waals surface area contributed by atoms with Gasteiger partial charge >= 0.3 is 0 Å². The number of nitrogens with one attached hydrogen (secondary N) is 1. The van der Waals surface area contributed by atoms with Crippen LogP contribution in [0.25, 0.3) is 0 Å². The molecule has 0 aliphatic heterocycles. The zero-order valence-corrected chi connectivity index (χ0v) is 7.00. The summed E-state index contributed by atoms with van der Waals surface area (Å²) < 4.78 is 0. The van der Waals surface area contributed by atoms with Crippen LogP contribution in [0.3, 0.4) is 0 Å².